The van der Waals surface area contributed by atoms with Crippen molar-refractivity contribution in [2.24, 2.45) is 7.05 Å². The van der Waals surface area contributed by atoms with Crippen LogP contribution in [0.2, 0.25) is 5.02 Å². The molecule has 4 N–H and O–H groups in total. The number of piperidine rings is 3. The molecule has 2 unspecified atom stereocenters. The number of anilines is 3. The van der Waals surface area contributed by atoms with Gasteiger partial charge in [-0.05, 0) is 69.8 Å². The fraction of sp³-hybridized carbons (Fsp3) is 0.465. The number of aromatic nitrogens is 6. The highest BCUT2D eigenvalue weighted by molar-refractivity contribution is 6.33. The number of aryl methyl sites for hydroxylation is 1. The number of carboxylic acids is 1. The van der Waals surface area contributed by atoms with Crippen molar-refractivity contribution in [2.45, 2.75) is 82.0 Å². The number of ether oxygens (including phenoxy) is 1. The zero-order chi connectivity index (χ0) is 44.7. The maximum Gasteiger partial charge on any atom is 0.354 e. The zero-order valence-corrected chi connectivity index (χ0v) is 36.1. The van der Waals surface area contributed by atoms with Crippen molar-refractivity contribution in [1.29, 1.82) is 0 Å². The third-order valence-electron chi connectivity index (χ3n) is 12.3. The minimum atomic E-state index is -1.95. The van der Waals surface area contributed by atoms with Crippen LogP contribution in [0.5, 0.6) is 5.75 Å². The van der Waals surface area contributed by atoms with Gasteiger partial charge in [-0.15, -0.1) is 0 Å². The quantitative estimate of drug-likeness (QED) is 0.101. The molecule has 0 saturated carbocycles. The van der Waals surface area contributed by atoms with Gasteiger partial charge in [0.1, 0.15) is 16.3 Å². The van der Waals surface area contributed by atoms with E-state index in [4.69, 9.17) is 21.4 Å². The van der Waals surface area contributed by atoms with E-state index in [2.05, 4.69) is 41.9 Å². The van der Waals surface area contributed by atoms with Gasteiger partial charge < -0.3 is 30.3 Å². The number of likely N-dealkylation sites (N-methyl/N-ethyl adjacent to an activating group) is 1. The molecule has 3 aliphatic rings. The Morgan fingerprint density at radius 2 is 1.81 bits per heavy atom. The van der Waals surface area contributed by atoms with Gasteiger partial charge in [-0.1, -0.05) is 29.8 Å². The minimum absolute atomic E-state index is 0.222. The lowest BCUT2D eigenvalue weighted by atomic mass is 9.85. The number of fused-ring (bicyclic) bond motifs is 2. The Bertz CT molecular complexity index is 2670. The lowest BCUT2D eigenvalue weighted by Gasteiger charge is -2.41. The predicted molar refractivity (Wildman–Crippen MR) is 232 cm³/mol. The van der Waals surface area contributed by atoms with Gasteiger partial charge in [0.25, 0.3) is 17.6 Å². The number of aliphatic carboxylic acids is 1. The Balaban J connectivity index is 0.907. The van der Waals surface area contributed by atoms with Crippen LogP contribution in [0.1, 0.15) is 81.5 Å². The van der Waals surface area contributed by atoms with Crippen molar-refractivity contribution in [3.63, 3.8) is 0 Å². The summed E-state index contributed by atoms with van der Waals surface area (Å²) < 4.78 is 25.2. The molecule has 2 atom stereocenters. The number of likely N-dealkylation sites (tertiary alicyclic amines) is 1. The molecule has 8 rings (SSSR count). The van der Waals surface area contributed by atoms with Gasteiger partial charge in [0.05, 0.1) is 35.2 Å². The van der Waals surface area contributed by atoms with Crippen molar-refractivity contribution < 1.29 is 33.4 Å². The molecular formula is C43H49ClFN11O7. The maximum absolute atomic E-state index is 16.5. The Kier molecular flexibility index (Phi) is 12.1. The molecule has 3 amide bonds. The fourth-order valence-corrected chi connectivity index (χ4v) is 9.18. The predicted octanol–water partition coefficient (Wildman–Crippen LogP) is 4.34. The average molecular weight is 886 g/mol. The van der Waals surface area contributed by atoms with Gasteiger partial charge in [-0.25, -0.2) is 19.2 Å². The van der Waals surface area contributed by atoms with Crippen LogP contribution < -0.4 is 31.1 Å². The summed E-state index contributed by atoms with van der Waals surface area (Å²) in [4.78, 5) is 79.7. The van der Waals surface area contributed by atoms with E-state index in [1.807, 2.05) is 28.8 Å². The third kappa shape index (κ3) is 8.75. The van der Waals surface area contributed by atoms with Crippen LogP contribution in [0.25, 0.3) is 21.9 Å². The first-order valence-corrected chi connectivity index (χ1v) is 21.4. The fourth-order valence-electron chi connectivity index (χ4n) is 9.04. The van der Waals surface area contributed by atoms with Crippen LogP contribution >= 0.6 is 11.6 Å². The molecule has 7 heterocycles. The van der Waals surface area contributed by atoms with Crippen LogP contribution in [0.15, 0.2) is 47.5 Å². The number of para-hydroxylation sites is 1. The second-order valence-electron chi connectivity index (χ2n) is 16.8. The summed E-state index contributed by atoms with van der Waals surface area (Å²) in [6.45, 7) is 6.14. The van der Waals surface area contributed by atoms with Gasteiger partial charge in [0.2, 0.25) is 17.8 Å². The highest BCUT2D eigenvalue weighted by atomic mass is 35.5. The number of nitrogens with zero attached hydrogens (tertiary/aromatic N) is 8. The summed E-state index contributed by atoms with van der Waals surface area (Å²) in [5, 5.41) is 23.8. The molecule has 1 aromatic carbocycles. The van der Waals surface area contributed by atoms with Crippen molar-refractivity contribution in [2.75, 3.05) is 50.0 Å². The number of alkyl halides is 1. The van der Waals surface area contributed by atoms with E-state index < -0.39 is 35.1 Å². The van der Waals surface area contributed by atoms with E-state index in [0.717, 1.165) is 36.8 Å². The van der Waals surface area contributed by atoms with Crippen LogP contribution in [0.3, 0.4) is 0 Å². The van der Waals surface area contributed by atoms with E-state index in [1.54, 1.807) is 19.9 Å². The third-order valence-corrected chi connectivity index (χ3v) is 12.6. The summed E-state index contributed by atoms with van der Waals surface area (Å²) in [7, 11) is 3.16. The van der Waals surface area contributed by atoms with Gasteiger partial charge in [-0.2, -0.15) is 10.1 Å². The molecule has 3 fully saturated rings. The summed E-state index contributed by atoms with van der Waals surface area (Å²) >= 11 is 6.55. The second kappa shape index (κ2) is 17.5. The van der Waals surface area contributed by atoms with E-state index >= 15 is 4.39 Å². The van der Waals surface area contributed by atoms with Crippen molar-refractivity contribution >= 4 is 74.7 Å². The van der Waals surface area contributed by atoms with Gasteiger partial charge in [0, 0.05) is 69.8 Å². The molecule has 5 aromatic rings. The molecule has 332 valence electrons. The van der Waals surface area contributed by atoms with Crippen molar-refractivity contribution in [1.82, 2.24) is 44.8 Å². The van der Waals surface area contributed by atoms with Crippen LogP contribution in [0.4, 0.5) is 21.8 Å². The summed E-state index contributed by atoms with van der Waals surface area (Å²) in [5.41, 5.74) is 1.58. The Hall–Kier alpha value is -6.21. The number of nitrogens with one attached hydrogen (secondary N) is 3. The first-order chi connectivity index (χ1) is 30.1. The van der Waals surface area contributed by atoms with Crippen LogP contribution in [-0.2, 0) is 26.2 Å². The van der Waals surface area contributed by atoms with Gasteiger partial charge >= 0.3 is 5.97 Å². The molecule has 3 saturated heterocycles. The monoisotopic (exact) mass is 885 g/mol. The van der Waals surface area contributed by atoms with Gasteiger partial charge in [0.15, 0.2) is 11.6 Å². The van der Waals surface area contributed by atoms with Crippen molar-refractivity contribution in [3.8, 4) is 5.75 Å². The summed E-state index contributed by atoms with van der Waals surface area (Å²) in [6.07, 6.45) is 4.04. The number of benzene rings is 1. The number of imide groups is 1. The summed E-state index contributed by atoms with van der Waals surface area (Å²) in [5.74, 6) is -2.95. The Morgan fingerprint density at radius 1 is 1.06 bits per heavy atom. The van der Waals surface area contributed by atoms with E-state index in [0.29, 0.717) is 67.3 Å². The van der Waals surface area contributed by atoms with Crippen LogP contribution in [0, 0.1) is 0 Å². The highest BCUT2D eigenvalue weighted by Gasteiger charge is 2.39. The van der Waals surface area contributed by atoms with E-state index in [1.165, 1.54) is 35.6 Å². The number of halogens is 2. The number of hydrogen-bond acceptors (Lipinski definition) is 13. The number of pyridine rings is 2. The zero-order valence-electron chi connectivity index (χ0n) is 35.4. The number of carboxylic acid groups (broad SMARTS) is 1. The Labute approximate surface area is 366 Å². The maximum atomic E-state index is 16.5. The summed E-state index contributed by atoms with van der Waals surface area (Å²) in [6, 6.07) is 8.74. The lowest BCUT2D eigenvalue weighted by Crippen LogP contribution is -2.50. The molecule has 18 nitrogen and oxygen atoms in total. The Morgan fingerprint density at radius 3 is 2.49 bits per heavy atom. The molecule has 0 bridgehead atoms. The number of amides is 3. The van der Waals surface area contributed by atoms with E-state index in [-0.39, 0.29) is 46.8 Å². The molecular weight excluding hydrogens is 837 g/mol. The van der Waals surface area contributed by atoms with E-state index in [9.17, 15) is 29.1 Å². The lowest BCUT2D eigenvalue weighted by molar-refractivity contribution is -0.151. The molecule has 4 aromatic heterocycles. The molecule has 0 radical (unpaired) electrons. The smallest absolute Gasteiger partial charge is 0.354 e. The number of hydrogen-bond donors (Lipinski definition) is 4. The number of carbonyl (C=O) groups is 4. The highest BCUT2D eigenvalue weighted by Crippen LogP contribution is 2.39. The second-order valence-corrected chi connectivity index (χ2v) is 17.2. The normalized spacial score (nSPS) is 19.0. The van der Waals surface area contributed by atoms with Crippen molar-refractivity contribution in [3.05, 3.63) is 69.4 Å². The molecule has 3 aliphatic heterocycles. The minimum Gasteiger partial charge on any atom is -0.478 e. The molecule has 0 spiro atoms. The largest absolute Gasteiger partial charge is 0.478 e. The first-order valence-electron chi connectivity index (χ1n) is 21.0. The number of carbonyl (C=O) groups excluding carboxylic acids is 3. The average Bonchev–Trinajstić information content (AvgIpc) is 3.59. The number of rotatable bonds is 12. The molecule has 20 heteroatoms. The first kappa shape index (κ1) is 43.4. The van der Waals surface area contributed by atoms with Crippen LogP contribution in [-0.4, -0.2) is 115 Å². The topological polar surface area (TPSA) is 219 Å². The molecule has 63 heavy (non-hydrogen) atoms. The standard InChI is InChI=1S/C43H49ClFN11O7/c1-23(2)56-37-25(19-31(40(56)60)63-35(41(61)62)39(59)46-3)18-26(20-47-37)49-36-30(44)21-48-42(51-36)55-16-12-43(45,13-17-55)22-54-14-10-24(11-15-54)27-6-5-7-28-33(52-53(4)34(27)28)29-8-9-32(57)50-38(29)58/h5-7,18-21,23-24,29,35H,8-17,22H2,1-4H3,(H,46,59)(H,61,62)(H,48,49,51)(H,50,57,58). The molecule has 0 aliphatic carbocycles. The SMILES string of the molecule is CNC(=O)C(Oc1cc2cc(Nc3nc(N4CCC(F)(CN5CCC(c6cccc7c(C8CCC(=O)NC8=O)nn(C)c67)CC5)CC4)ncc3Cl)cnc2n(C(C)C)c1=O)C(=O)O. The van der Waals surface area contributed by atoms with Gasteiger partial charge in [-0.3, -0.25) is 33.7 Å².